The van der Waals surface area contributed by atoms with E-state index in [-0.39, 0.29) is 0 Å². The summed E-state index contributed by atoms with van der Waals surface area (Å²) in [6.07, 6.45) is 3.62. The van der Waals surface area contributed by atoms with Gasteiger partial charge in [-0.2, -0.15) is 5.26 Å². The van der Waals surface area contributed by atoms with Gasteiger partial charge in [-0.25, -0.2) is 9.97 Å². The van der Waals surface area contributed by atoms with Crippen molar-refractivity contribution in [2.24, 2.45) is 0 Å². The fraction of sp³-hybridized carbons (Fsp3) is 0.312. The van der Waals surface area contributed by atoms with Gasteiger partial charge in [0, 0.05) is 19.2 Å². The summed E-state index contributed by atoms with van der Waals surface area (Å²) in [4.78, 5) is 11.1. The summed E-state index contributed by atoms with van der Waals surface area (Å²) in [5.74, 6) is 0.857. The lowest BCUT2D eigenvalue weighted by molar-refractivity contribution is 0.692. The molecular weight excluding hydrogens is 284 g/mol. The first-order valence-corrected chi connectivity index (χ1v) is 7.38. The second-order valence-electron chi connectivity index (χ2n) is 5.03. The van der Waals surface area contributed by atoms with Crippen LogP contribution in [0.1, 0.15) is 29.6 Å². The summed E-state index contributed by atoms with van der Waals surface area (Å²) in [6.45, 7) is 3.54. The summed E-state index contributed by atoms with van der Waals surface area (Å²) in [5, 5.41) is 9.90. The van der Waals surface area contributed by atoms with Gasteiger partial charge in [-0.05, 0) is 24.1 Å². The fourth-order valence-corrected chi connectivity index (χ4v) is 2.93. The molecule has 1 aliphatic rings. The Bertz CT molecular complexity index is 721. The molecule has 0 bridgehead atoms. The van der Waals surface area contributed by atoms with Crippen molar-refractivity contribution in [2.75, 3.05) is 11.4 Å². The highest BCUT2D eigenvalue weighted by molar-refractivity contribution is 6.33. The molecule has 2 aromatic rings. The second-order valence-corrected chi connectivity index (χ2v) is 5.44. The van der Waals surface area contributed by atoms with Crippen LogP contribution in [0.15, 0.2) is 24.4 Å². The van der Waals surface area contributed by atoms with Gasteiger partial charge in [-0.15, -0.1) is 0 Å². The van der Waals surface area contributed by atoms with Gasteiger partial charge in [-0.1, -0.05) is 24.6 Å². The normalized spacial score (nSPS) is 13.7. The molecule has 0 unspecified atom stereocenters. The summed E-state index contributed by atoms with van der Waals surface area (Å²) in [7, 11) is 0. The number of nitriles is 1. The first kappa shape index (κ1) is 13.8. The number of benzene rings is 1. The van der Waals surface area contributed by atoms with Crippen LogP contribution >= 0.6 is 11.6 Å². The first-order chi connectivity index (χ1) is 10.2. The minimum atomic E-state index is 0.607. The number of hydrogen-bond donors (Lipinski definition) is 0. The zero-order chi connectivity index (χ0) is 14.8. The molecule has 0 atom stereocenters. The molecule has 0 saturated heterocycles. The Labute approximate surface area is 129 Å². The number of halogens is 1. The Kier molecular flexibility index (Phi) is 3.76. The lowest BCUT2D eigenvalue weighted by Gasteiger charge is -2.31. The number of aryl methyl sites for hydroxylation is 1. The van der Waals surface area contributed by atoms with Crippen molar-refractivity contribution in [3.05, 3.63) is 52.1 Å². The number of para-hydroxylation sites is 1. The van der Waals surface area contributed by atoms with E-state index in [4.69, 9.17) is 11.6 Å². The summed E-state index contributed by atoms with van der Waals surface area (Å²) in [6, 6.07) is 7.65. The minimum Gasteiger partial charge on any atom is -0.363 e. The molecule has 0 radical (unpaired) electrons. The third-order valence-corrected chi connectivity index (χ3v) is 4.04. The van der Waals surface area contributed by atoms with Gasteiger partial charge >= 0.3 is 0 Å². The van der Waals surface area contributed by atoms with Crippen molar-refractivity contribution in [3.8, 4) is 6.07 Å². The van der Waals surface area contributed by atoms with Crippen molar-refractivity contribution in [1.29, 1.82) is 5.26 Å². The van der Waals surface area contributed by atoms with E-state index in [1.807, 2.05) is 19.2 Å². The standard InChI is InChI=1S/C16H15ClN4/c1-2-15-19-9-12-6-7-21(10-14(12)20-15)16-11(8-18)4-3-5-13(16)17/h3-5,9H,2,6-7,10H2,1H3. The maximum Gasteiger partial charge on any atom is 0.128 e. The van der Waals surface area contributed by atoms with Crippen molar-refractivity contribution >= 4 is 17.3 Å². The first-order valence-electron chi connectivity index (χ1n) is 7.00. The molecule has 1 aliphatic heterocycles. The smallest absolute Gasteiger partial charge is 0.128 e. The third-order valence-electron chi connectivity index (χ3n) is 3.74. The largest absolute Gasteiger partial charge is 0.363 e. The van der Waals surface area contributed by atoms with E-state index in [1.54, 1.807) is 12.1 Å². The molecule has 0 fully saturated rings. The van der Waals surface area contributed by atoms with Crippen molar-refractivity contribution in [2.45, 2.75) is 26.3 Å². The number of rotatable bonds is 2. The molecule has 5 heteroatoms. The molecule has 0 N–H and O–H groups in total. The van der Waals surface area contributed by atoms with Crippen molar-refractivity contribution < 1.29 is 0 Å². The zero-order valence-corrected chi connectivity index (χ0v) is 12.6. The Morgan fingerprint density at radius 1 is 1.43 bits per heavy atom. The summed E-state index contributed by atoms with van der Waals surface area (Å²) < 4.78 is 0. The molecule has 1 aromatic carbocycles. The van der Waals surface area contributed by atoms with Crippen LogP contribution in [0.25, 0.3) is 0 Å². The van der Waals surface area contributed by atoms with E-state index < -0.39 is 0 Å². The van der Waals surface area contributed by atoms with Gasteiger partial charge in [0.1, 0.15) is 11.9 Å². The highest BCUT2D eigenvalue weighted by Crippen LogP contribution is 2.32. The Hall–Kier alpha value is -2.12. The van der Waals surface area contributed by atoms with Crippen LogP contribution in [0.4, 0.5) is 5.69 Å². The molecule has 0 aliphatic carbocycles. The monoisotopic (exact) mass is 298 g/mol. The fourth-order valence-electron chi connectivity index (χ4n) is 2.63. The Morgan fingerprint density at radius 2 is 2.29 bits per heavy atom. The quantitative estimate of drug-likeness (QED) is 0.855. The lowest BCUT2D eigenvalue weighted by Crippen LogP contribution is -2.32. The third kappa shape index (κ3) is 2.57. The Balaban J connectivity index is 1.98. The molecule has 1 aromatic heterocycles. The lowest BCUT2D eigenvalue weighted by atomic mass is 10.0. The van der Waals surface area contributed by atoms with E-state index in [9.17, 15) is 5.26 Å². The van der Waals surface area contributed by atoms with Gasteiger partial charge in [0.2, 0.25) is 0 Å². The van der Waals surface area contributed by atoms with Crippen LogP contribution in [-0.2, 0) is 19.4 Å². The van der Waals surface area contributed by atoms with E-state index in [0.29, 0.717) is 17.1 Å². The Morgan fingerprint density at radius 3 is 3.05 bits per heavy atom. The molecule has 106 valence electrons. The maximum absolute atomic E-state index is 9.29. The molecule has 2 heterocycles. The predicted octanol–water partition coefficient (Wildman–Crippen LogP) is 3.13. The zero-order valence-electron chi connectivity index (χ0n) is 11.8. The molecule has 3 rings (SSSR count). The summed E-state index contributed by atoms with van der Waals surface area (Å²) >= 11 is 6.30. The van der Waals surface area contributed by atoms with Gasteiger partial charge < -0.3 is 4.90 Å². The van der Waals surface area contributed by atoms with Crippen molar-refractivity contribution in [3.63, 3.8) is 0 Å². The molecule has 4 nitrogen and oxygen atoms in total. The highest BCUT2D eigenvalue weighted by Gasteiger charge is 2.22. The van der Waals surface area contributed by atoms with Gasteiger partial charge in [0.05, 0.1) is 28.5 Å². The van der Waals surface area contributed by atoms with Crippen molar-refractivity contribution in [1.82, 2.24) is 9.97 Å². The minimum absolute atomic E-state index is 0.607. The van der Waals surface area contributed by atoms with E-state index >= 15 is 0 Å². The average molecular weight is 299 g/mol. The molecule has 21 heavy (non-hydrogen) atoms. The highest BCUT2D eigenvalue weighted by atomic mass is 35.5. The number of anilines is 1. The van der Waals surface area contributed by atoms with Crippen LogP contribution in [-0.4, -0.2) is 16.5 Å². The van der Waals surface area contributed by atoms with Gasteiger partial charge in [0.15, 0.2) is 0 Å². The van der Waals surface area contributed by atoms with Gasteiger partial charge in [0.25, 0.3) is 0 Å². The van der Waals surface area contributed by atoms with Gasteiger partial charge in [-0.3, -0.25) is 0 Å². The molecule has 0 spiro atoms. The summed E-state index contributed by atoms with van der Waals surface area (Å²) in [5.41, 5.74) is 3.64. The van der Waals surface area contributed by atoms with E-state index in [1.165, 1.54) is 5.56 Å². The maximum atomic E-state index is 9.29. The van der Waals surface area contributed by atoms with Crippen LogP contribution < -0.4 is 4.90 Å². The number of nitrogens with zero attached hydrogens (tertiary/aromatic N) is 4. The average Bonchev–Trinajstić information content (AvgIpc) is 2.53. The number of hydrogen-bond acceptors (Lipinski definition) is 4. The molecule has 0 saturated carbocycles. The molecule has 0 amide bonds. The predicted molar refractivity (Wildman–Crippen MR) is 82.3 cm³/mol. The van der Waals surface area contributed by atoms with E-state index in [2.05, 4.69) is 20.9 Å². The van der Waals surface area contributed by atoms with E-state index in [0.717, 1.165) is 36.6 Å². The van der Waals surface area contributed by atoms with Crippen LogP contribution in [0, 0.1) is 11.3 Å². The van der Waals surface area contributed by atoms with Crippen LogP contribution in [0.2, 0.25) is 5.02 Å². The number of fused-ring (bicyclic) bond motifs is 1. The topological polar surface area (TPSA) is 52.8 Å². The van der Waals surface area contributed by atoms with Crippen LogP contribution in [0.5, 0.6) is 0 Å². The number of aromatic nitrogens is 2. The molecular formula is C16H15ClN4. The van der Waals surface area contributed by atoms with Crippen LogP contribution in [0.3, 0.4) is 0 Å². The SMILES string of the molecule is CCc1ncc2c(n1)CN(c1c(Cl)cccc1C#N)CC2. The second kappa shape index (κ2) is 5.71.